The van der Waals surface area contributed by atoms with Crippen LogP contribution in [-0.4, -0.2) is 17.3 Å². The Morgan fingerprint density at radius 3 is 2.43 bits per heavy atom. The average molecular weight is 195 g/mol. The van der Waals surface area contributed by atoms with E-state index in [4.69, 9.17) is 5.73 Å². The van der Waals surface area contributed by atoms with Gasteiger partial charge in [0.2, 0.25) is 0 Å². The van der Waals surface area contributed by atoms with Crippen LogP contribution in [0.1, 0.15) is 44.9 Å². The van der Waals surface area contributed by atoms with Crippen LogP contribution in [0.15, 0.2) is 0 Å². The van der Waals surface area contributed by atoms with Crippen LogP contribution in [0, 0.1) is 17.3 Å². The summed E-state index contributed by atoms with van der Waals surface area (Å²) in [6.45, 7) is 0.713. The molecule has 0 saturated heterocycles. The molecule has 0 spiro atoms. The van der Waals surface area contributed by atoms with E-state index in [2.05, 4.69) is 0 Å². The van der Waals surface area contributed by atoms with E-state index in [0.717, 1.165) is 24.7 Å². The molecule has 80 valence electrons. The van der Waals surface area contributed by atoms with Crippen molar-refractivity contribution in [1.29, 1.82) is 0 Å². The van der Waals surface area contributed by atoms with E-state index in [1.165, 1.54) is 32.1 Å². The molecule has 3 saturated carbocycles. The standard InChI is InChI=1S/C12H21NO/c13-8-11(12(14)4-1-5-12)7-9-2-3-10(11)6-9/h9-10,14H,1-8,13H2. The Bertz CT molecular complexity index is 249. The topological polar surface area (TPSA) is 46.2 Å². The molecule has 0 aliphatic heterocycles. The van der Waals surface area contributed by atoms with Crippen molar-refractivity contribution in [3.63, 3.8) is 0 Å². The molecule has 0 heterocycles. The zero-order valence-electron chi connectivity index (χ0n) is 8.84. The Hall–Kier alpha value is -0.0800. The molecule has 0 aromatic rings. The van der Waals surface area contributed by atoms with E-state index in [9.17, 15) is 5.11 Å². The lowest BCUT2D eigenvalue weighted by Crippen LogP contribution is -2.59. The third kappa shape index (κ3) is 0.892. The lowest BCUT2D eigenvalue weighted by molar-refractivity contribution is -0.158. The van der Waals surface area contributed by atoms with Gasteiger partial charge in [-0.25, -0.2) is 0 Å². The van der Waals surface area contributed by atoms with E-state index in [1.807, 2.05) is 0 Å². The summed E-state index contributed by atoms with van der Waals surface area (Å²) in [6, 6.07) is 0. The van der Waals surface area contributed by atoms with Gasteiger partial charge in [0.15, 0.2) is 0 Å². The number of rotatable bonds is 2. The molecule has 3 aliphatic rings. The van der Waals surface area contributed by atoms with Crippen molar-refractivity contribution >= 4 is 0 Å². The maximum atomic E-state index is 10.6. The van der Waals surface area contributed by atoms with E-state index in [1.54, 1.807) is 0 Å². The Labute approximate surface area is 85.9 Å². The van der Waals surface area contributed by atoms with E-state index in [-0.39, 0.29) is 11.0 Å². The number of fused-ring (bicyclic) bond motifs is 2. The summed E-state index contributed by atoms with van der Waals surface area (Å²) in [7, 11) is 0. The summed E-state index contributed by atoms with van der Waals surface area (Å²) >= 11 is 0. The van der Waals surface area contributed by atoms with Gasteiger partial charge in [0.05, 0.1) is 5.60 Å². The van der Waals surface area contributed by atoms with Crippen LogP contribution in [0.4, 0.5) is 0 Å². The van der Waals surface area contributed by atoms with Gasteiger partial charge in [-0.3, -0.25) is 0 Å². The SMILES string of the molecule is NCC1(C2(O)CCC2)CC2CCC1C2. The monoisotopic (exact) mass is 195 g/mol. The first kappa shape index (κ1) is 9.17. The molecule has 0 aromatic carbocycles. The van der Waals surface area contributed by atoms with Crippen molar-refractivity contribution in [3.05, 3.63) is 0 Å². The zero-order valence-corrected chi connectivity index (χ0v) is 8.84. The molecule has 3 atom stereocenters. The second-order valence-corrected chi connectivity index (χ2v) is 5.83. The minimum Gasteiger partial charge on any atom is -0.389 e. The first-order valence-corrected chi connectivity index (χ1v) is 6.13. The van der Waals surface area contributed by atoms with Gasteiger partial charge in [0.1, 0.15) is 0 Å². The molecule has 3 unspecified atom stereocenters. The van der Waals surface area contributed by atoms with Gasteiger partial charge in [-0.15, -0.1) is 0 Å². The summed E-state index contributed by atoms with van der Waals surface area (Å²) in [5.74, 6) is 1.62. The second kappa shape index (κ2) is 2.73. The number of nitrogens with two attached hydrogens (primary N) is 1. The van der Waals surface area contributed by atoms with Crippen molar-refractivity contribution in [2.24, 2.45) is 23.0 Å². The molecule has 14 heavy (non-hydrogen) atoms. The molecule has 2 heteroatoms. The number of hydrogen-bond acceptors (Lipinski definition) is 2. The van der Waals surface area contributed by atoms with Crippen molar-refractivity contribution in [2.45, 2.75) is 50.5 Å². The summed E-state index contributed by atoms with van der Waals surface area (Å²) in [5.41, 5.74) is 5.74. The lowest BCUT2D eigenvalue weighted by Gasteiger charge is -2.54. The highest BCUT2D eigenvalue weighted by Crippen LogP contribution is 2.64. The Morgan fingerprint density at radius 2 is 2.07 bits per heavy atom. The molecule has 3 aliphatic carbocycles. The fourth-order valence-corrected chi connectivity index (χ4v) is 4.46. The van der Waals surface area contributed by atoms with Crippen LogP contribution in [0.2, 0.25) is 0 Å². The van der Waals surface area contributed by atoms with Gasteiger partial charge in [0.25, 0.3) is 0 Å². The highest BCUT2D eigenvalue weighted by molar-refractivity contribution is 5.13. The number of hydrogen-bond donors (Lipinski definition) is 2. The summed E-state index contributed by atoms with van der Waals surface area (Å²) in [4.78, 5) is 0. The predicted molar refractivity (Wildman–Crippen MR) is 55.7 cm³/mol. The van der Waals surface area contributed by atoms with Gasteiger partial charge in [-0.05, 0) is 50.4 Å². The Morgan fingerprint density at radius 1 is 1.29 bits per heavy atom. The first-order valence-electron chi connectivity index (χ1n) is 6.13. The molecule has 0 amide bonds. The van der Waals surface area contributed by atoms with Crippen LogP contribution in [-0.2, 0) is 0 Å². The van der Waals surface area contributed by atoms with E-state index >= 15 is 0 Å². The fourth-order valence-electron chi connectivity index (χ4n) is 4.46. The smallest absolute Gasteiger partial charge is 0.0718 e. The minimum absolute atomic E-state index is 0.119. The minimum atomic E-state index is -0.373. The van der Waals surface area contributed by atoms with Gasteiger partial charge >= 0.3 is 0 Å². The second-order valence-electron chi connectivity index (χ2n) is 5.83. The molecule has 2 bridgehead atoms. The van der Waals surface area contributed by atoms with E-state index < -0.39 is 0 Å². The lowest BCUT2D eigenvalue weighted by atomic mass is 9.55. The maximum Gasteiger partial charge on any atom is 0.0718 e. The highest BCUT2D eigenvalue weighted by atomic mass is 16.3. The van der Waals surface area contributed by atoms with Crippen molar-refractivity contribution < 1.29 is 5.11 Å². The summed E-state index contributed by atoms with van der Waals surface area (Å²) < 4.78 is 0. The van der Waals surface area contributed by atoms with Crippen molar-refractivity contribution in [2.75, 3.05) is 6.54 Å². The Kier molecular flexibility index (Phi) is 1.79. The molecule has 3 fully saturated rings. The van der Waals surface area contributed by atoms with Crippen LogP contribution in [0.25, 0.3) is 0 Å². The third-order valence-corrected chi connectivity index (χ3v) is 5.45. The fraction of sp³-hybridized carbons (Fsp3) is 1.00. The normalized spacial score (nSPS) is 49.3. The van der Waals surface area contributed by atoms with Crippen LogP contribution in [0.3, 0.4) is 0 Å². The predicted octanol–water partition coefficient (Wildman–Crippen LogP) is 1.67. The maximum absolute atomic E-state index is 10.6. The average Bonchev–Trinajstić information content (AvgIpc) is 2.73. The molecular weight excluding hydrogens is 174 g/mol. The largest absolute Gasteiger partial charge is 0.389 e. The molecule has 3 N–H and O–H groups in total. The van der Waals surface area contributed by atoms with Crippen molar-refractivity contribution in [3.8, 4) is 0 Å². The highest BCUT2D eigenvalue weighted by Gasteiger charge is 2.62. The van der Waals surface area contributed by atoms with Gasteiger partial charge in [0, 0.05) is 12.0 Å². The van der Waals surface area contributed by atoms with Crippen molar-refractivity contribution in [1.82, 2.24) is 0 Å². The van der Waals surface area contributed by atoms with Crippen LogP contribution < -0.4 is 5.73 Å². The quantitative estimate of drug-likeness (QED) is 0.704. The molecule has 3 rings (SSSR count). The van der Waals surface area contributed by atoms with Crippen LogP contribution >= 0.6 is 0 Å². The zero-order chi connectivity index (χ0) is 9.81. The molecular formula is C12H21NO. The number of aliphatic hydroxyl groups is 1. The molecule has 0 radical (unpaired) electrons. The Balaban J connectivity index is 1.91. The van der Waals surface area contributed by atoms with Gasteiger partial charge in [-0.1, -0.05) is 6.42 Å². The molecule has 2 nitrogen and oxygen atoms in total. The van der Waals surface area contributed by atoms with Gasteiger partial charge < -0.3 is 10.8 Å². The third-order valence-electron chi connectivity index (χ3n) is 5.45. The van der Waals surface area contributed by atoms with E-state index in [0.29, 0.717) is 6.54 Å². The first-order chi connectivity index (χ1) is 6.70. The summed E-state index contributed by atoms with van der Waals surface area (Å²) in [5, 5.41) is 10.6. The van der Waals surface area contributed by atoms with Gasteiger partial charge in [-0.2, -0.15) is 0 Å². The molecule has 0 aromatic heterocycles. The summed E-state index contributed by atoms with van der Waals surface area (Å²) in [6.07, 6.45) is 8.49. The van der Waals surface area contributed by atoms with Crippen LogP contribution in [0.5, 0.6) is 0 Å².